The highest BCUT2D eigenvalue weighted by Crippen LogP contribution is 2.14. The summed E-state index contributed by atoms with van der Waals surface area (Å²) >= 11 is 0. The monoisotopic (exact) mass is 202 g/mol. The number of nitrogens with zero attached hydrogens (tertiary/aromatic N) is 2. The molecule has 0 aromatic carbocycles. The smallest absolute Gasteiger partial charge is 0.0850 e. The number of hydrogen-bond donors (Lipinski definition) is 0. The van der Waals surface area contributed by atoms with E-state index in [9.17, 15) is 0 Å². The van der Waals surface area contributed by atoms with Crippen molar-refractivity contribution < 1.29 is 0 Å². The highest BCUT2D eigenvalue weighted by molar-refractivity contribution is 5.38. The lowest BCUT2D eigenvalue weighted by molar-refractivity contribution is 0.602. The molecule has 15 heavy (non-hydrogen) atoms. The van der Waals surface area contributed by atoms with Gasteiger partial charge in [-0.3, -0.25) is 4.98 Å². The van der Waals surface area contributed by atoms with Crippen LogP contribution in [0.3, 0.4) is 0 Å². The second-order valence-electron chi connectivity index (χ2n) is 4.43. The summed E-state index contributed by atoms with van der Waals surface area (Å²) in [6.45, 7) is 6.63. The third-order valence-electron chi connectivity index (χ3n) is 3.06. The fraction of sp³-hybridized carbons (Fsp3) is 0.538. The minimum Gasteiger partial charge on any atom is -0.253 e. The summed E-state index contributed by atoms with van der Waals surface area (Å²) < 4.78 is 0. The van der Waals surface area contributed by atoms with Crippen molar-refractivity contribution in [2.75, 3.05) is 0 Å². The number of aryl methyl sites for hydroxylation is 1. The van der Waals surface area contributed by atoms with Gasteiger partial charge in [-0.25, -0.2) is 4.98 Å². The summed E-state index contributed by atoms with van der Waals surface area (Å²) in [6, 6.07) is 0. The van der Waals surface area contributed by atoms with Gasteiger partial charge in [-0.15, -0.1) is 0 Å². The van der Waals surface area contributed by atoms with Gasteiger partial charge in [-0.05, 0) is 18.3 Å². The van der Waals surface area contributed by atoms with Crippen LogP contribution in [0.2, 0.25) is 0 Å². The Morgan fingerprint density at radius 3 is 2.47 bits per heavy atom. The van der Waals surface area contributed by atoms with E-state index in [1.54, 1.807) is 0 Å². The van der Waals surface area contributed by atoms with Crippen molar-refractivity contribution in [1.29, 1.82) is 0 Å². The third kappa shape index (κ3) is 2.09. The third-order valence-corrected chi connectivity index (χ3v) is 3.06. The molecule has 0 fully saturated rings. The van der Waals surface area contributed by atoms with Gasteiger partial charge in [-0.2, -0.15) is 0 Å². The van der Waals surface area contributed by atoms with Gasteiger partial charge in [0.15, 0.2) is 0 Å². The quantitative estimate of drug-likeness (QED) is 0.722. The van der Waals surface area contributed by atoms with Crippen molar-refractivity contribution in [3.63, 3.8) is 0 Å². The molecule has 0 N–H and O–H groups in total. The van der Waals surface area contributed by atoms with E-state index in [4.69, 9.17) is 0 Å². The maximum atomic E-state index is 4.64. The Labute approximate surface area is 90.8 Å². The molecule has 0 saturated heterocycles. The second kappa shape index (κ2) is 4.13. The summed E-state index contributed by atoms with van der Waals surface area (Å²) in [4.78, 5) is 9.11. The fourth-order valence-corrected chi connectivity index (χ4v) is 1.88. The van der Waals surface area contributed by atoms with Gasteiger partial charge in [0.2, 0.25) is 0 Å². The van der Waals surface area contributed by atoms with Crippen LogP contribution in [0.5, 0.6) is 0 Å². The van der Waals surface area contributed by atoms with Crippen LogP contribution in [0.25, 0.3) is 12.2 Å². The Hall–Kier alpha value is -1.18. The van der Waals surface area contributed by atoms with Crippen LogP contribution in [-0.4, -0.2) is 9.97 Å². The summed E-state index contributed by atoms with van der Waals surface area (Å²) in [5.41, 5.74) is 1.11. The van der Waals surface area contributed by atoms with E-state index in [-0.39, 0.29) is 0 Å². The normalized spacial score (nSPS) is 23.9. The average Bonchev–Trinajstić information content (AvgIpc) is 2.21. The van der Waals surface area contributed by atoms with Gasteiger partial charge in [0.25, 0.3) is 0 Å². The molecule has 0 bridgehead atoms. The summed E-state index contributed by atoms with van der Waals surface area (Å²) in [7, 11) is 0. The van der Waals surface area contributed by atoms with Gasteiger partial charge in [-0.1, -0.05) is 39.3 Å². The van der Waals surface area contributed by atoms with Gasteiger partial charge < -0.3 is 0 Å². The zero-order chi connectivity index (χ0) is 10.8. The number of rotatable bonds is 2. The number of hydrogen-bond acceptors (Lipinski definition) is 2. The van der Waals surface area contributed by atoms with Gasteiger partial charge >= 0.3 is 0 Å². The van der Waals surface area contributed by atoms with Crippen LogP contribution >= 0.6 is 0 Å². The molecule has 2 atom stereocenters. The van der Waals surface area contributed by atoms with E-state index in [0.717, 1.165) is 29.2 Å². The molecule has 1 aromatic heterocycles. The molecule has 0 saturated carbocycles. The SMILES string of the molecule is CCCc1cnc2c(n1)=CC(C)C(C)C=2. The largest absolute Gasteiger partial charge is 0.253 e. The van der Waals surface area contributed by atoms with Gasteiger partial charge in [0.1, 0.15) is 0 Å². The molecule has 0 aliphatic heterocycles. The second-order valence-corrected chi connectivity index (χ2v) is 4.43. The molecule has 2 unspecified atom stereocenters. The molecule has 1 heterocycles. The first kappa shape index (κ1) is 10.3. The maximum Gasteiger partial charge on any atom is 0.0850 e. The lowest BCUT2D eigenvalue weighted by atomic mass is 9.92. The molecule has 2 rings (SSSR count). The van der Waals surface area contributed by atoms with Crippen molar-refractivity contribution in [2.45, 2.75) is 33.6 Å². The Kier molecular flexibility index (Phi) is 2.85. The Bertz CT molecular complexity index is 462. The number of fused-ring (bicyclic) bond motifs is 1. The first-order valence-electron chi connectivity index (χ1n) is 5.76. The van der Waals surface area contributed by atoms with Gasteiger partial charge in [0, 0.05) is 6.20 Å². The van der Waals surface area contributed by atoms with Crippen LogP contribution in [0, 0.1) is 11.8 Å². The maximum absolute atomic E-state index is 4.64. The molecular weight excluding hydrogens is 184 g/mol. The molecule has 0 amide bonds. The average molecular weight is 202 g/mol. The van der Waals surface area contributed by atoms with Crippen molar-refractivity contribution in [2.24, 2.45) is 11.8 Å². The number of aromatic nitrogens is 2. The molecule has 80 valence electrons. The topological polar surface area (TPSA) is 25.8 Å². The molecule has 0 radical (unpaired) electrons. The lowest BCUT2D eigenvalue weighted by Gasteiger charge is -2.15. The predicted octanol–water partition coefficient (Wildman–Crippen LogP) is 1.28. The molecule has 1 aliphatic rings. The zero-order valence-electron chi connectivity index (χ0n) is 9.70. The predicted molar refractivity (Wildman–Crippen MR) is 62.5 cm³/mol. The van der Waals surface area contributed by atoms with E-state index in [0.29, 0.717) is 11.8 Å². The van der Waals surface area contributed by atoms with E-state index in [1.165, 1.54) is 0 Å². The molecule has 2 nitrogen and oxygen atoms in total. The standard InChI is InChI=1S/C13H18N2/c1-4-5-11-8-14-12-6-9(2)10(3)7-13(12)15-11/h6-10H,4-5H2,1-3H3. The van der Waals surface area contributed by atoms with E-state index < -0.39 is 0 Å². The summed E-state index contributed by atoms with van der Waals surface area (Å²) in [5.74, 6) is 1.15. The minimum atomic E-state index is 0.573. The Balaban J connectivity index is 2.49. The molecule has 0 spiro atoms. The molecular formula is C13H18N2. The Morgan fingerprint density at radius 1 is 1.13 bits per heavy atom. The minimum absolute atomic E-state index is 0.573. The molecule has 2 heteroatoms. The van der Waals surface area contributed by atoms with Crippen molar-refractivity contribution in [3.05, 3.63) is 22.6 Å². The Morgan fingerprint density at radius 2 is 1.80 bits per heavy atom. The van der Waals surface area contributed by atoms with Crippen LogP contribution in [-0.2, 0) is 6.42 Å². The van der Waals surface area contributed by atoms with Crippen molar-refractivity contribution in [1.82, 2.24) is 9.97 Å². The van der Waals surface area contributed by atoms with Crippen LogP contribution in [0.15, 0.2) is 6.20 Å². The van der Waals surface area contributed by atoms with Gasteiger partial charge in [0.05, 0.1) is 16.4 Å². The van der Waals surface area contributed by atoms with Crippen LogP contribution < -0.4 is 10.7 Å². The van der Waals surface area contributed by atoms with E-state index in [2.05, 4.69) is 42.9 Å². The zero-order valence-corrected chi connectivity index (χ0v) is 9.70. The molecule has 1 aliphatic carbocycles. The van der Waals surface area contributed by atoms with Crippen molar-refractivity contribution >= 4 is 12.2 Å². The molecule has 1 aromatic rings. The first-order valence-corrected chi connectivity index (χ1v) is 5.76. The van der Waals surface area contributed by atoms with Crippen LogP contribution in [0.1, 0.15) is 32.9 Å². The highest BCUT2D eigenvalue weighted by Gasteiger charge is 2.11. The van der Waals surface area contributed by atoms with Crippen LogP contribution in [0.4, 0.5) is 0 Å². The fourth-order valence-electron chi connectivity index (χ4n) is 1.88. The first-order chi connectivity index (χ1) is 7.20. The van der Waals surface area contributed by atoms with Crippen molar-refractivity contribution in [3.8, 4) is 0 Å². The highest BCUT2D eigenvalue weighted by atomic mass is 14.8. The lowest BCUT2D eigenvalue weighted by Crippen LogP contribution is -2.37. The summed E-state index contributed by atoms with van der Waals surface area (Å²) in [6.07, 6.45) is 8.53. The summed E-state index contributed by atoms with van der Waals surface area (Å²) in [5, 5.41) is 2.13. The van der Waals surface area contributed by atoms with E-state index >= 15 is 0 Å². The van der Waals surface area contributed by atoms with E-state index in [1.807, 2.05) is 6.20 Å².